The molecule has 1 aromatic carbocycles. The average molecular weight is 480 g/mol. The van der Waals surface area contributed by atoms with Crippen molar-refractivity contribution in [1.29, 1.82) is 0 Å². The molecule has 3 aliphatic rings. The van der Waals surface area contributed by atoms with E-state index in [1.807, 2.05) is 19.1 Å². The number of piperidine rings is 1. The van der Waals surface area contributed by atoms with Crippen LogP contribution in [0.3, 0.4) is 0 Å². The lowest BCUT2D eigenvalue weighted by Crippen LogP contribution is -2.51. The molecule has 11 heteroatoms. The van der Waals surface area contributed by atoms with E-state index >= 15 is 0 Å². The van der Waals surface area contributed by atoms with E-state index in [-0.39, 0.29) is 28.5 Å². The van der Waals surface area contributed by atoms with Crippen LogP contribution in [0.25, 0.3) is 11.0 Å². The van der Waals surface area contributed by atoms with Gasteiger partial charge in [0.1, 0.15) is 5.39 Å². The Morgan fingerprint density at radius 1 is 1.23 bits per heavy atom. The van der Waals surface area contributed by atoms with Gasteiger partial charge in [-0.3, -0.25) is 20.2 Å². The Bertz CT molecular complexity index is 1340. The van der Waals surface area contributed by atoms with Crippen LogP contribution >= 0.6 is 0 Å². The highest BCUT2D eigenvalue weighted by Gasteiger charge is 2.50. The highest BCUT2D eigenvalue weighted by atomic mass is 16.5. The first kappa shape index (κ1) is 22.1. The van der Waals surface area contributed by atoms with Crippen molar-refractivity contribution in [2.45, 2.75) is 50.2 Å². The fraction of sp³-hybridized carbons (Fsp3) is 0.500. The number of rotatable bonds is 4. The van der Waals surface area contributed by atoms with Gasteiger partial charge in [0.2, 0.25) is 5.95 Å². The number of carbonyl (C=O) groups is 1. The van der Waals surface area contributed by atoms with Gasteiger partial charge in [0.25, 0.3) is 5.56 Å². The van der Waals surface area contributed by atoms with Crippen LogP contribution in [0.15, 0.2) is 29.1 Å². The van der Waals surface area contributed by atoms with E-state index in [0.29, 0.717) is 29.3 Å². The number of ether oxygens (including phenoxy) is 1. The molecule has 4 heterocycles. The maximum atomic E-state index is 13.3. The first-order valence-electron chi connectivity index (χ1n) is 12.0. The minimum absolute atomic E-state index is 0.00624. The average Bonchev–Trinajstić information content (AvgIpc) is 3.46. The number of aromatic amines is 2. The quantitative estimate of drug-likeness (QED) is 0.380. The van der Waals surface area contributed by atoms with Crippen molar-refractivity contribution in [3.05, 3.63) is 45.9 Å². The lowest BCUT2D eigenvalue weighted by Gasteiger charge is -2.41. The van der Waals surface area contributed by atoms with Crippen LogP contribution in [-0.4, -0.2) is 63.2 Å². The zero-order chi connectivity index (χ0) is 24.4. The number of hydrogen-bond donors (Lipinski definition) is 5. The van der Waals surface area contributed by atoms with Crippen LogP contribution < -0.4 is 21.5 Å². The van der Waals surface area contributed by atoms with Crippen molar-refractivity contribution in [1.82, 2.24) is 20.2 Å². The van der Waals surface area contributed by atoms with E-state index in [0.717, 1.165) is 50.0 Å². The zero-order valence-corrected chi connectivity index (χ0v) is 19.5. The van der Waals surface area contributed by atoms with Crippen molar-refractivity contribution in [2.75, 3.05) is 29.9 Å². The summed E-state index contributed by atoms with van der Waals surface area (Å²) >= 11 is 0. The minimum Gasteiger partial charge on any atom is -0.465 e. The zero-order valence-electron chi connectivity index (χ0n) is 19.5. The summed E-state index contributed by atoms with van der Waals surface area (Å²) in [5.74, 6) is 0.532. The SMILES string of the molecule is C[C@@H]1OCC2(CCN(c3nc4n[nH]c(C5(c6ccc(NC(=O)O)cc6)CC5)c4c(=O)[nH]3)CC2)[C@@H]1N. The summed E-state index contributed by atoms with van der Waals surface area (Å²) in [7, 11) is 0. The second-order valence-electron chi connectivity index (χ2n) is 10.2. The summed E-state index contributed by atoms with van der Waals surface area (Å²) in [5.41, 5.74) is 8.54. The highest BCUT2D eigenvalue weighted by Crippen LogP contribution is 2.54. The topological polar surface area (TPSA) is 162 Å². The third kappa shape index (κ3) is 3.49. The maximum absolute atomic E-state index is 13.3. The minimum atomic E-state index is -1.11. The van der Waals surface area contributed by atoms with E-state index in [1.54, 1.807) is 12.1 Å². The summed E-state index contributed by atoms with van der Waals surface area (Å²) < 4.78 is 5.82. The monoisotopic (exact) mass is 479 g/mol. The van der Waals surface area contributed by atoms with Crippen LogP contribution in [0.2, 0.25) is 0 Å². The number of amides is 1. The number of nitrogens with one attached hydrogen (secondary N) is 3. The normalized spacial score (nSPS) is 24.7. The van der Waals surface area contributed by atoms with Crippen LogP contribution in [-0.2, 0) is 10.2 Å². The van der Waals surface area contributed by atoms with Crippen molar-refractivity contribution < 1.29 is 14.6 Å². The number of aromatic nitrogens is 4. The number of nitrogens with zero attached hydrogens (tertiary/aromatic N) is 3. The molecule has 11 nitrogen and oxygen atoms in total. The third-order valence-corrected chi connectivity index (χ3v) is 8.23. The van der Waals surface area contributed by atoms with Crippen LogP contribution in [0, 0.1) is 5.41 Å². The fourth-order valence-electron chi connectivity index (χ4n) is 5.86. The Balaban J connectivity index is 1.26. The van der Waals surface area contributed by atoms with Crippen molar-refractivity contribution in [2.24, 2.45) is 11.1 Å². The van der Waals surface area contributed by atoms with Crippen LogP contribution in [0.1, 0.15) is 43.9 Å². The molecule has 0 bridgehead atoms. The van der Waals surface area contributed by atoms with Gasteiger partial charge < -0.3 is 20.5 Å². The molecule has 1 amide bonds. The Morgan fingerprint density at radius 2 is 1.94 bits per heavy atom. The molecule has 184 valence electrons. The highest BCUT2D eigenvalue weighted by molar-refractivity contribution is 5.83. The van der Waals surface area contributed by atoms with E-state index in [9.17, 15) is 9.59 Å². The fourth-order valence-corrected chi connectivity index (χ4v) is 5.86. The molecule has 2 aromatic heterocycles. The number of fused-ring (bicyclic) bond motifs is 1. The molecule has 0 radical (unpaired) electrons. The molecule has 1 saturated carbocycles. The van der Waals surface area contributed by atoms with Gasteiger partial charge in [-0.05, 0) is 50.3 Å². The van der Waals surface area contributed by atoms with Crippen LogP contribution in [0.5, 0.6) is 0 Å². The number of anilines is 2. The smallest absolute Gasteiger partial charge is 0.409 e. The first-order chi connectivity index (χ1) is 16.8. The Hall–Kier alpha value is -3.44. The number of H-pyrrole nitrogens is 2. The predicted octanol–water partition coefficient (Wildman–Crippen LogP) is 2.15. The number of hydrogen-bond acceptors (Lipinski definition) is 7. The van der Waals surface area contributed by atoms with E-state index in [1.165, 1.54) is 0 Å². The van der Waals surface area contributed by atoms with E-state index in [4.69, 9.17) is 20.6 Å². The molecule has 2 atom stereocenters. The summed E-state index contributed by atoms with van der Waals surface area (Å²) in [4.78, 5) is 33.9. The van der Waals surface area contributed by atoms with Gasteiger partial charge in [0.15, 0.2) is 5.65 Å². The third-order valence-electron chi connectivity index (χ3n) is 8.23. The molecule has 35 heavy (non-hydrogen) atoms. The Morgan fingerprint density at radius 3 is 2.54 bits per heavy atom. The van der Waals surface area contributed by atoms with Crippen LogP contribution in [0.4, 0.5) is 16.4 Å². The summed E-state index contributed by atoms with van der Waals surface area (Å²) in [5, 5.41) is 19.2. The van der Waals surface area contributed by atoms with Gasteiger partial charge in [0, 0.05) is 35.6 Å². The lowest BCUT2D eigenvalue weighted by atomic mass is 9.73. The molecule has 6 rings (SSSR count). The molecule has 1 aliphatic carbocycles. The van der Waals surface area contributed by atoms with Crippen molar-refractivity contribution >= 4 is 28.8 Å². The number of nitrogens with two attached hydrogens (primary N) is 1. The standard InChI is InChI=1S/C24H29N7O4/c1-13-17(25)23(12-35-13)8-10-31(11-9-23)21-27-19-16(20(32)28-21)18(29-30-19)24(6-7-24)14-2-4-15(5-3-14)26-22(33)34/h2-5,13,17,26H,6-12,25H2,1H3,(H,33,34)(H2,27,28,29,30,32)/t13-,17+/m0/s1. The molecule has 0 unspecified atom stereocenters. The first-order valence-corrected chi connectivity index (χ1v) is 12.0. The van der Waals surface area contributed by atoms with Crippen molar-refractivity contribution in [3.8, 4) is 0 Å². The largest absolute Gasteiger partial charge is 0.465 e. The van der Waals surface area contributed by atoms with Gasteiger partial charge in [-0.25, -0.2) is 4.79 Å². The van der Waals surface area contributed by atoms with Crippen molar-refractivity contribution in [3.63, 3.8) is 0 Å². The lowest BCUT2D eigenvalue weighted by molar-refractivity contribution is 0.0973. The molecule has 3 fully saturated rings. The van der Waals surface area contributed by atoms with E-state index in [2.05, 4.69) is 25.4 Å². The second-order valence-corrected chi connectivity index (χ2v) is 10.2. The molecule has 1 spiro atoms. The summed E-state index contributed by atoms with van der Waals surface area (Å²) in [6, 6.07) is 7.27. The van der Waals surface area contributed by atoms with Gasteiger partial charge in [-0.1, -0.05) is 12.1 Å². The number of carboxylic acid groups (broad SMARTS) is 1. The molecule has 2 aliphatic heterocycles. The Kier molecular flexibility index (Phi) is 4.91. The van der Waals surface area contributed by atoms with Gasteiger partial charge in [-0.2, -0.15) is 10.1 Å². The van der Waals surface area contributed by atoms with Gasteiger partial charge in [0.05, 0.1) is 18.4 Å². The predicted molar refractivity (Wildman–Crippen MR) is 130 cm³/mol. The summed E-state index contributed by atoms with van der Waals surface area (Å²) in [6.45, 7) is 4.21. The van der Waals surface area contributed by atoms with E-state index < -0.39 is 6.09 Å². The second kappa shape index (κ2) is 7.79. The molecular weight excluding hydrogens is 450 g/mol. The van der Waals surface area contributed by atoms with Gasteiger partial charge in [-0.15, -0.1) is 0 Å². The molecule has 6 N–H and O–H groups in total. The van der Waals surface area contributed by atoms with Gasteiger partial charge >= 0.3 is 6.09 Å². The summed E-state index contributed by atoms with van der Waals surface area (Å²) in [6.07, 6.45) is 2.48. The Labute approximate surface area is 201 Å². The molecule has 2 saturated heterocycles. The number of benzene rings is 1. The molecule has 3 aromatic rings. The molecular formula is C24H29N7O4. The maximum Gasteiger partial charge on any atom is 0.409 e.